The third-order valence-electron chi connectivity index (χ3n) is 3.11. The summed E-state index contributed by atoms with van der Waals surface area (Å²) < 4.78 is 0. The summed E-state index contributed by atoms with van der Waals surface area (Å²) >= 11 is 12.0. The van der Waals surface area contributed by atoms with Gasteiger partial charge >= 0.3 is 0 Å². The molecule has 0 unspecified atom stereocenters. The van der Waals surface area contributed by atoms with Gasteiger partial charge in [0.1, 0.15) is 0 Å². The topological polar surface area (TPSA) is 12.0 Å². The van der Waals surface area contributed by atoms with Crippen molar-refractivity contribution in [3.05, 3.63) is 33.8 Å². The van der Waals surface area contributed by atoms with Crippen molar-refractivity contribution in [2.45, 2.75) is 38.1 Å². The first kappa shape index (κ1) is 12.2. The van der Waals surface area contributed by atoms with E-state index in [0.717, 1.165) is 12.6 Å². The van der Waals surface area contributed by atoms with Crippen LogP contribution in [-0.2, 0) is 5.41 Å². The normalized spacial score (nSPS) is 16.5. The fraction of sp³-hybridized carbons (Fsp3) is 0.538. The van der Waals surface area contributed by atoms with Crippen molar-refractivity contribution in [3.63, 3.8) is 0 Å². The summed E-state index contributed by atoms with van der Waals surface area (Å²) in [6.07, 6.45) is 2.63. The van der Waals surface area contributed by atoms with Crippen LogP contribution in [0.25, 0.3) is 0 Å². The van der Waals surface area contributed by atoms with Crippen LogP contribution in [0, 0.1) is 0 Å². The second-order valence-electron chi connectivity index (χ2n) is 5.17. The predicted octanol–water partition coefficient (Wildman–Crippen LogP) is 4.02. The number of rotatable bonds is 4. The summed E-state index contributed by atoms with van der Waals surface area (Å²) in [5, 5.41) is 4.81. The molecule has 3 heteroatoms. The molecular weight excluding hydrogens is 241 g/mol. The van der Waals surface area contributed by atoms with Gasteiger partial charge in [-0.25, -0.2) is 0 Å². The summed E-state index contributed by atoms with van der Waals surface area (Å²) in [7, 11) is 0. The molecular formula is C13H17Cl2N. The number of halogens is 2. The third-order valence-corrected chi connectivity index (χ3v) is 3.85. The van der Waals surface area contributed by atoms with E-state index in [-0.39, 0.29) is 5.41 Å². The lowest BCUT2D eigenvalue weighted by atomic mass is 9.84. The van der Waals surface area contributed by atoms with Crippen molar-refractivity contribution in [1.29, 1.82) is 0 Å². The Morgan fingerprint density at radius 1 is 1.25 bits per heavy atom. The van der Waals surface area contributed by atoms with Gasteiger partial charge in [0.2, 0.25) is 0 Å². The maximum Gasteiger partial charge on any atom is 0.0595 e. The summed E-state index contributed by atoms with van der Waals surface area (Å²) in [5.41, 5.74) is 1.33. The van der Waals surface area contributed by atoms with Crippen LogP contribution in [-0.4, -0.2) is 12.6 Å². The highest BCUT2D eigenvalue weighted by Crippen LogP contribution is 2.30. The van der Waals surface area contributed by atoms with Crippen molar-refractivity contribution in [3.8, 4) is 0 Å². The molecule has 16 heavy (non-hydrogen) atoms. The van der Waals surface area contributed by atoms with Gasteiger partial charge in [-0.05, 0) is 30.5 Å². The molecule has 1 fully saturated rings. The molecule has 88 valence electrons. The fourth-order valence-corrected chi connectivity index (χ4v) is 2.00. The largest absolute Gasteiger partial charge is 0.313 e. The van der Waals surface area contributed by atoms with Crippen LogP contribution < -0.4 is 5.32 Å². The first-order valence-electron chi connectivity index (χ1n) is 5.68. The van der Waals surface area contributed by atoms with E-state index in [1.807, 2.05) is 12.1 Å². The van der Waals surface area contributed by atoms with Crippen molar-refractivity contribution < 1.29 is 0 Å². The summed E-state index contributed by atoms with van der Waals surface area (Å²) in [6.45, 7) is 5.43. The van der Waals surface area contributed by atoms with Crippen molar-refractivity contribution >= 4 is 23.2 Å². The first-order valence-corrected chi connectivity index (χ1v) is 6.43. The molecule has 0 saturated heterocycles. The van der Waals surface area contributed by atoms with E-state index in [4.69, 9.17) is 23.2 Å². The molecule has 1 aromatic rings. The highest BCUT2D eigenvalue weighted by atomic mass is 35.5. The van der Waals surface area contributed by atoms with Gasteiger partial charge in [-0.3, -0.25) is 0 Å². The van der Waals surface area contributed by atoms with E-state index in [1.54, 1.807) is 0 Å². The molecule has 1 aromatic carbocycles. The summed E-state index contributed by atoms with van der Waals surface area (Å²) in [5.74, 6) is 0. The molecule has 0 heterocycles. The zero-order chi connectivity index (χ0) is 11.8. The van der Waals surface area contributed by atoms with Gasteiger partial charge in [-0.2, -0.15) is 0 Å². The molecule has 1 nitrogen and oxygen atoms in total. The zero-order valence-corrected chi connectivity index (χ0v) is 11.2. The minimum Gasteiger partial charge on any atom is -0.313 e. The predicted molar refractivity (Wildman–Crippen MR) is 70.5 cm³/mol. The van der Waals surface area contributed by atoms with Crippen LogP contribution in [0.5, 0.6) is 0 Å². The molecule has 0 aliphatic heterocycles. The lowest BCUT2D eigenvalue weighted by molar-refractivity contribution is 0.467. The average Bonchev–Trinajstić information content (AvgIpc) is 3.03. The Balaban J connectivity index is 2.09. The quantitative estimate of drug-likeness (QED) is 0.859. The van der Waals surface area contributed by atoms with Gasteiger partial charge in [-0.15, -0.1) is 0 Å². The summed E-state index contributed by atoms with van der Waals surface area (Å²) in [4.78, 5) is 0. The second-order valence-corrected chi connectivity index (χ2v) is 5.98. The lowest BCUT2D eigenvalue weighted by Crippen LogP contribution is -2.34. The average molecular weight is 258 g/mol. The number of benzene rings is 1. The van der Waals surface area contributed by atoms with E-state index in [1.165, 1.54) is 18.4 Å². The lowest BCUT2D eigenvalue weighted by Gasteiger charge is -2.26. The van der Waals surface area contributed by atoms with Crippen LogP contribution >= 0.6 is 23.2 Å². The summed E-state index contributed by atoms with van der Waals surface area (Å²) in [6, 6.07) is 6.64. The Labute approximate surface area is 107 Å². The van der Waals surface area contributed by atoms with E-state index < -0.39 is 0 Å². The Morgan fingerprint density at radius 3 is 2.50 bits per heavy atom. The molecule has 1 aliphatic rings. The van der Waals surface area contributed by atoms with Gasteiger partial charge in [0, 0.05) is 18.0 Å². The van der Waals surface area contributed by atoms with Crippen LogP contribution in [0.3, 0.4) is 0 Å². The molecule has 0 bridgehead atoms. The molecule has 1 saturated carbocycles. The van der Waals surface area contributed by atoms with Crippen molar-refractivity contribution in [2.75, 3.05) is 6.54 Å². The first-order chi connectivity index (χ1) is 7.49. The molecule has 1 aliphatic carbocycles. The highest BCUT2D eigenvalue weighted by Gasteiger charge is 2.26. The monoisotopic (exact) mass is 257 g/mol. The van der Waals surface area contributed by atoms with Crippen molar-refractivity contribution in [2.24, 2.45) is 0 Å². The molecule has 1 N–H and O–H groups in total. The van der Waals surface area contributed by atoms with E-state index >= 15 is 0 Å². The molecule has 0 atom stereocenters. The number of hydrogen-bond acceptors (Lipinski definition) is 1. The Hall–Kier alpha value is -0.240. The molecule has 0 spiro atoms. The minimum atomic E-state index is 0.0941. The SMILES string of the molecule is CC(C)(CNC1CC1)c1ccc(Cl)c(Cl)c1. The maximum absolute atomic E-state index is 6.04. The zero-order valence-electron chi connectivity index (χ0n) is 9.69. The third kappa shape index (κ3) is 2.91. The van der Waals surface area contributed by atoms with E-state index in [9.17, 15) is 0 Å². The number of hydrogen-bond donors (Lipinski definition) is 1. The molecule has 0 aromatic heterocycles. The Morgan fingerprint density at radius 2 is 1.94 bits per heavy atom. The van der Waals surface area contributed by atoms with Gasteiger partial charge in [0.05, 0.1) is 10.0 Å². The van der Waals surface area contributed by atoms with E-state index in [2.05, 4.69) is 25.2 Å². The van der Waals surface area contributed by atoms with Crippen LogP contribution in [0.2, 0.25) is 10.0 Å². The molecule has 2 rings (SSSR count). The van der Waals surface area contributed by atoms with Crippen LogP contribution in [0.4, 0.5) is 0 Å². The minimum absolute atomic E-state index is 0.0941. The van der Waals surface area contributed by atoms with Crippen LogP contribution in [0.15, 0.2) is 18.2 Å². The smallest absolute Gasteiger partial charge is 0.0595 e. The Bertz CT molecular complexity index is 384. The standard InChI is InChI=1S/C13H17Cl2N/c1-13(2,8-16-10-4-5-10)9-3-6-11(14)12(15)7-9/h3,6-7,10,16H,4-5,8H2,1-2H3. The molecule has 0 amide bonds. The van der Waals surface area contributed by atoms with Gasteiger partial charge in [-0.1, -0.05) is 43.1 Å². The van der Waals surface area contributed by atoms with Crippen LogP contribution in [0.1, 0.15) is 32.3 Å². The fourth-order valence-electron chi connectivity index (χ4n) is 1.71. The maximum atomic E-state index is 6.04. The Kier molecular flexibility index (Phi) is 3.48. The van der Waals surface area contributed by atoms with E-state index in [0.29, 0.717) is 10.0 Å². The van der Waals surface area contributed by atoms with Crippen molar-refractivity contribution in [1.82, 2.24) is 5.32 Å². The number of nitrogens with one attached hydrogen (secondary N) is 1. The van der Waals surface area contributed by atoms with Gasteiger partial charge < -0.3 is 5.32 Å². The van der Waals surface area contributed by atoms with Gasteiger partial charge in [0.25, 0.3) is 0 Å². The highest BCUT2D eigenvalue weighted by molar-refractivity contribution is 6.42. The molecule has 0 radical (unpaired) electrons. The second kappa shape index (κ2) is 4.56. The van der Waals surface area contributed by atoms with Gasteiger partial charge in [0.15, 0.2) is 0 Å².